The third kappa shape index (κ3) is 5.34. The minimum atomic E-state index is -2.97. The third-order valence-electron chi connectivity index (χ3n) is 6.34. The molecule has 4 aromatic heterocycles. The first-order valence-corrected chi connectivity index (χ1v) is 13.3. The van der Waals surface area contributed by atoms with Gasteiger partial charge in [-0.3, -0.25) is 14.3 Å². The third-order valence-corrected chi connectivity index (χ3v) is 7.44. The van der Waals surface area contributed by atoms with Crippen molar-refractivity contribution < 1.29 is 49.5 Å². The van der Waals surface area contributed by atoms with Crippen molar-refractivity contribution in [2.75, 3.05) is 5.32 Å². The maximum Gasteiger partial charge on any atom is 0.291 e. The molecule has 9 nitrogen and oxygen atoms in total. The van der Waals surface area contributed by atoms with Gasteiger partial charge in [0.25, 0.3) is 18.2 Å². The highest BCUT2D eigenvalue weighted by atomic mass is 32.1. The zero-order valence-corrected chi connectivity index (χ0v) is 23.2. The van der Waals surface area contributed by atoms with Crippen LogP contribution in [0.5, 0.6) is 5.75 Å². The number of primary amides is 1. The fourth-order valence-corrected chi connectivity index (χ4v) is 5.30. The molecule has 0 unspecified atom stereocenters. The van der Waals surface area contributed by atoms with Gasteiger partial charge >= 0.3 is 0 Å². The Bertz CT molecular complexity index is 1920. The highest BCUT2D eigenvalue weighted by Crippen LogP contribution is 2.43. The van der Waals surface area contributed by atoms with Gasteiger partial charge in [0.2, 0.25) is 29.1 Å². The highest BCUT2D eigenvalue weighted by molar-refractivity contribution is 7.21. The smallest absolute Gasteiger partial charge is 0.291 e. The standard InChI is InChI=1S/C27H18F7N5O4S/c1-3-39-7-12(9(2)38-39)11-6-13(24(33)34)36-27-15(11)21(23(44-27)25(35)40)37-26(41)14-5-4-10(43-14)8-42-22-19(31)17(29)16(28)18(30)20(22)32/h4-7,24H,3,8H2,1-2H3,(H2,35,40)(H,37,41). The molecule has 0 bridgehead atoms. The van der Waals surface area contributed by atoms with E-state index in [-0.39, 0.29) is 32.1 Å². The summed E-state index contributed by atoms with van der Waals surface area (Å²) in [5.41, 5.74) is 5.89. The summed E-state index contributed by atoms with van der Waals surface area (Å²) in [5, 5.41) is 6.94. The number of alkyl halides is 2. The van der Waals surface area contributed by atoms with E-state index < -0.39 is 71.1 Å². The number of thiophene rings is 1. The molecular weight excluding hydrogens is 623 g/mol. The lowest BCUT2D eigenvalue weighted by Gasteiger charge is -2.10. The Hall–Kier alpha value is -4.93. The van der Waals surface area contributed by atoms with Gasteiger partial charge in [-0.25, -0.2) is 26.9 Å². The van der Waals surface area contributed by atoms with Crippen LogP contribution in [-0.4, -0.2) is 26.6 Å². The number of hydrogen-bond acceptors (Lipinski definition) is 7. The van der Waals surface area contributed by atoms with E-state index in [1.54, 1.807) is 17.8 Å². The van der Waals surface area contributed by atoms with Crippen molar-refractivity contribution in [1.82, 2.24) is 14.8 Å². The van der Waals surface area contributed by atoms with Crippen molar-refractivity contribution in [2.45, 2.75) is 33.4 Å². The van der Waals surface area contributed by atoms with E-state index in [4.69, 9.17) is 14.9 Å². The lowest BCUT2D eigenvalue weighted by Crippen LogP contribution is -2.16. The van der Waals surface area contributed by atoms with Crippen molar-refractivity contribution in [1.29, 1.82) is 0 Å². The molecule has 4 heterocycles. The molecule has 3 N–H and O–H groups in total. The molecule has 5 rings (SSSR count). The van der Waals surface area contributed by atoms with Crippen LogP contribution >= 0.6 is 11.3 Å². The van der Waals surface area contributed by atoms with E-state index in [0.29, 0.717) is 29.1 Å². The molecule has 0 fully saturated rings. The number of nitrogens with one attached hydrogen (secondary N) is 1. The second-order valence-corrected chi connectivity index (χ2v) is 10.1. The summed E-state index contributed by atoms with van der Waals surface area (Å²) in [6, 6.07) is 3.35. The fraction of sp³-hybridized carbons (Fsp3) is 0.185. The number of rotatable bonds is 9. The Balaban J connectivity index is 1.50. The SMILES string of the molecule is CCn1cc(-c2cc(C(F)F)nc3sc(C(N)=O)c(NC(=O)c4ccc(COc5c(F)c(F)c(F)c(F)c5F)o4)c23)c(C)n1. The molecule has 1 aromatic carbocycles. The monoisotopic (exact) mass is 641 g/mol. The Morgan fingerprint density at radius 3 is 2.32 bits per heavy atom. The Kier molecular flexibility index (Phi) is 8.07. The number of anilines is 1. The van der Waals surface area contributed by atoms with Crippen LogP contribution in [0.25, 0.3) is 21.3 Å². The first kappa shape index (κ1) is 30.5. The maximum atomic E-state index is 13.9. The molecule has 0 spiro atoms. The first-order valence-electron chi connectivity index (χ1n) is 12.5. The van der Waals surface area contributed by atoms with Crippen LogP contribution in [-0.2, 0) is 13.2 Å². The molecule has 0 saturated heterocycles. The van der Waals surface area contributed by atoms with Gasteiger partial charge in [0.15, 0.2) is 11.5 Å². The zero-order chi connectivity index (χ0) is 32.0. The van der Waals surface area contributed by atoms with Gasteiger partial charge in [0.1, 0.15) is 27.8 Å². The number of pyridine rings is 1. The lowest BCUT2D eigenvalue weighted by atomic mass is 10.0. The second kappa shape index (κ2) is 11.6. The molecule has 17 heteroatoms. The Morgan fingerprint density at radius 1 is 1.07 bits per heavy atom. The second-order valence-electron chi connectivity index (χ2n) is 9.14. The fourth-order valence-electron chi connectivity index (χ4n) is 4.29. The van der Waals surface area contributed by atoms with Gasteiger partial charge in [-0.15, -0.1) is 11.3 Å². The van der Waals surface area contributed by atoms with Crippen LogP contribution in [0.3, 0.4) is 0 Å². The Labute approximate surface area is 246 Å². The van der Waals surface area contributed by atoms with Crippen molar-refractivity contribution in [3.63, 3.8) is 0 Å². The number of fused-ring (bicyclic) bond motifs is 1. The first-order chi connectivity index (χ1) is 20.8. The van der Waals surface area contributed by atoms with Gasteiger partial charge < -0.3 is 20.2 Å². The van der Waals surface area contributed by atoms with E-state index in [0.717, 1.165) is 18.2 Å². The predicted octanol–water partition coefficient (Wildman–Crippen LogP) is 6.64. The minimum Gasteiger partial charge on any atom is -0.479 e. The zero-order valence-electron chi connectivity index (χ0n) is 22.4. The van der Waals surface area contributed by atoms with Crippen LogP contribution in [0, 0.1) is 36.0 Å². The van der Waals surface area contributed by atoms with Gasteiger partial charge in [0.05, 0.1) is 11.4 Å². The predicted molar refractivity (Wildman–Crippen MR) is 142 cm³/mol. The molecule has 44 heavy (non-hydrogen) atoms. The molecule has 0 aliphatic carbocycles. The number of nitrogens with two attached hydrogens (primary N) is 1. The van der Waals surface area contributed by atoms with Gasteiger partial charge in [0, 0.05) is 23.7 Å². The van der Waals surface area contributed by atoms with Gasteiger partial charge in [-0.05, 0) is 37.6 Å². The van der Waals surface area contributed by atoms with Crippen molar-refractivity contribution in [3.8, 4) is 16.9 Å². The van der Waals surface area contributed by atoms with E-state index >= 15 is 0 Å². The average Bonchev–Trinajstić information content (AvgIpc) is 3.71. The van der Waals surface area contributed by atoms with Crippen LogP contribution < -0.4 is 15.8 Å². The molecule has 0 radical (unpaired) electrons. The number of aryl methyl sites for hydroxylation is 2. The average molecular weight is 642 g/mol. The largest absolute Gasteiger partial charge is 0.479 e. The minimum absolute atomic E-state index is 0.0260. The summed E-state index contributed by atoms with van der Waals surface area (Å²) in [5.74, 6) is -15.4. The molecule has 0 saturated carbocycles. The number of hydrogen-bond donors (Lipinski definition) is 2. The van der Waals surface area contributed by atoms with Crippen molar-refractivity contribution in [2.24, 2.45) is 5.73 Å². The topological polar surface area (TPSA) is 125 Å². The summed E-state index contributed by atoms with van der Waals surface area (Å²) in [6.07, 6.45) is -1.36. The van der Waals surface area contributed by atoms with E-state index in [1.165, 1.54) is 0 Å². The number of carbonyl (C=O) groups excluding carboxylic acids is 2. The van der Waals surface area contributed by atoms with Crippen molar-refractivity contribution >= 4 is 39.1 Å². The summed E-state index contributed by atoms with van der Waals surface area (Å²) < 4.78 is 107. The maximum absolute atomic E-state index is 13.9. The Morgan fingerprint density at radius 2 is 1.73 bits per heavy atom. The van der Waals surface area contributed by atoms with E-state index in [1.807, 2.05) is 6.92 Å². The summed E-state index contributed by atoms with van der Waals surface area (Å²) in [6.45, 7) is 3.08. The molecule has 230 valence electrons. The number of nitrogens with zero attached hydrogens (tertiary/aromatic N) is 3. The quantitative estimate of drug-likeness (QED) is 0.106. The number of furan rings is 1. The lowest BCUT2D eigenvalue weighted by molar-refractivity contribution is 0.0992. The van der Waals surface area contributed by atoms with Crippen LogP contribution in [0.1, 0.15) is 50.7 Å². The number of carbonyl (C=O) groups is 2. The summed E-state index contributed by atoms with van der Waals surface area (Å²) in [4.78, 5) is 29.3. The molecule has 5 aromatic rings. The molecule has 0 aliphatic rings. The van der Waals surface area contributed by atoms with Crippen LogP contribution in [0.2, 0.25) is 0 Å². The van der Waals surface area contributed by atoms with Gasteiger partial charge in [-0.1, -0.05) is 0 Å². The van der Waals surface area contributed by atoms with Gasteiger partial charge in [-0.2, -0.15) is 13.9 Å². The number of benzene rings is 1. The van der Waals surface area contributed by atoms with Crippen LogP contribution in [0.15, 0.2) is 28.8 Å². The molecule has 0 aliphatic heterocycles. The van der Waals surface area contributed by atoms with E-state index in [2.05, 4.69) is 15.4 Å². The highest BCUT2D eigenvalue weighted by Gasteiger charge is 2.29. The normalized spacial score (nSPS) is 11.5. The number of amides is 2. The van der Waals surface area contributed by atoms with Crippen molar-refractivity contribution in [3.05, 3.63) is 81.3 Å². The molecule has 2 amide bonds. The number of halogens is 7. The molecule has 0 atom stereocenters. The number of aromatic nitrogens is 3. The van der Waals surface area contributed by atoms with E-state index in [9.17, 15) is 40.3 Å². The number of ether oxygens (including phenoxy) is 1. The summed E-state index contributed by atoms with van der Waals surface area (Å²) >= 11 is 0.674. The van der Waals surface area contributed by atoms with Crippen LogP contribution in [0.4, 0.5) is 36.4 Å². The molecular formula is C27H18F7N5O4S. The summed E-state index contributed by atoms with van der Waals surface area (Å²) in [7, 11) is 0.